The molecule has 0 saturated carbocycles. The van der Waals surface area contributed by atoms with Gasteiger partial charge in [0.05, 0.1) is 6.54 Å². The van der Waals surface area contributed by atoms with Gasteiger partial charge in [-0.2, -0.15) is 0 Å². The van der Waals surface area contributed by atoms with Crippen LogP contribution in [0.4, 0.5) is 4.39 Å². The Morgan fingerprint density at radius 3 is 2.58 bits per heavy atom. The van der Waals surface area contributed by atoms with Crippen molar-refractivity contribution in [2.75, 3.05) is 13.2 Å². The van der Waals surface area contributed by atoms with Crippen LogP contribution in [-0.4, -0.2) is 25.2 Å². The standard InChI is InChI=1S/C19H22FNO3/c1-13-4-5-14(2)18(12-13)23-11-10-21-19(22)15(3)24-17-8-6-16(20)7-9-17/h4-9,12,15H,10-11H2,1-3H3,(H,21,22). The highest BCUT2D eigenvalue weighted by molar-refractivity contribution is 5.80. The zero-order chi connectivity index (χ0) is 17.5. The van der Waals surface area contributed by atoms with Crippen LogP contribution >= 0.6 is 0 Å². The highest BCUT2D eigenvalue weighted by Gasteiger charge is 2.14. The molecule has 0 aliphatic heterocycles. The monoisotopic (exact) mass is 331 g/mol. The van der Waals surface area contributed by atoms with Gasteiger partial charge >= 0.3 is 0 Å². The summed E-state index contributed by atoms with van der Waals surface area (Å²) in [5, 5.41) is 2.76. The Morgan fingerprint density at radius 2 is 1.88 bits per heavy atom. The van der Waals surface area contributed by atoms with Crippen molar-refractivity contribution >= 4 is 5.91 Å². The molecule has 0 saturated heterocycles. The number of carbonyl (C=O) groups excluding carboxylic acids is 1. The van der Waals surface area contributed by atoms with Gasteiger partial charge in [-0.3, -0.25) is 4.79 Å². The van der Waals surface area contributed by atoms with Gasteiger partial charge in [0, 0.05) is 0 Å². The lowest BCUT2D eigenvalue weighted by molar-refractivity contribution is -0.127. The lowest BCUT2D eigenvalue weighted by atomic mass is 10.1. The summed E-state index contributed by atoms with van der Waals surface area (Å²) in [5.74, 6) is 0.678. The summed E-state index contributed by atoms with van der Waals surface area (Å²) in [6.07, 6.45) is -0.670. The highest BCUT2D eigenvalue weighted by Crippen LogP contribution is 2.18. The first kappa shape index (κ1) is 17.8. The van der Waals surface area contributed by atoms with E-state index >= 15 is 0 Å². The largest absolute Gasteiger partial charge is 0.491 e. The highest BCUT2D eigenvalue weighted by atomic mass is 19.1. The molecule has 1 amide bonds. The van der Waals surface area contributed by atoms with Crippen LogP contribution in [0.2, 0.25) is 0 Å². The third-order valence-corrected chi connectivity index (χ3v) is 3.50. The molecule has 24 heavy (non-hydrogen) atoms. The van der Waals surface area contributed by atoms with E-state index in [1.165, 1.54) is 24.3 Å². The third-order valence-electron chi connectivity index (χ3n) is 3.50. The molecule has 0 fully saturated rings. The van der Waals surface area contributed by atoms with E-state index in [1.807, 2.05) is 32.0 Å². The van der Waals surface area contributed by atoms with Gasteiger partial charge in [0.25, 0.3) is 5.91 Å². The summed E-state index contributed by atoms with van der Waals surface area (Å²) in [4.78, 5) is 12.0. The normalized spacial score (nSPS) is 11.7. The van der Waals surface area contributed by atoms with Crippen molar-refractivity contribution in [1.29, 1.82) is 0 Å². The van der Waals surface area contributed by atoms with E-state index in [0.29, 0.717) is 18.9 Å². The number of benzene rings is 2. The van der Waals surface area contributed by atoms with Crippen molar-refractivity contribution in [2.45, 2.75) is 26.9 Å². The lowest BCUT2D eigenvalue weighted by Crippen LogP contribution is -2.38. The smallest absolute Gasteiger partial charge is 0.260 e. The zero-order valence-electron chi connectivity index (χ0n) is 14.1. The number of halogens is 1. The number of carbonyl (C=O) groups is 1. The maximum Gasteiger partial charge on any atom is 0.260 e. The number of hydrogen-bond acceptors (Lipinski definition) is 3. The van der Waals surface area contributed by atoms with Crippen molar-refractivity contribution in [3.63, 3.8) is 0 Å². The first-order chi connectivity index (χ1) is 11.5. The van der Waals surface area contributed by atoms with Gasteiger partial charge in [-0.15, -0.1) is 0 Å². The molecule has 1 atom stereocenters. The molecule has 0 aliphatic rings. The molecule has 1 N–H and O–H groups in total. The second-order valence-electron chi connectivity index (χ2n) is 5.62. The topological polar surface area (TPSA) is 47.6 Å². The number of ether oxygens (including phenoxy) is 2. The SMILES string of the molecule is Cc1ccc(C)c(OCCNC(=O)C(C)Oc2ccc(F)cc2)c1. The Labute approximate surface area is 141 Å². The maximum absolute atomic E-state index is 12.8. The molecule has 1 unspecified atom stereocenters. The Hall–Kier alpha value is -2.56. The van der Waals surface area contributed by atoms with Gasteiger partial charge in [-0.05, 0) is 62.2 Å². The van der Waals surface area contributed by atoms with E-state index in [9.17, 15) is 9.18 Å². The fraction of sp³-hybridized carbons (Fsp3) is 0.316. The van der Waals surface area contributed by atoms with E-state index < -0.39 is 6.10 Å². The lowest BCUT2D eigenvalue weighted by Gasteiger charge is -2.15. The molecule has 2 aromatic rings. The molecule has 0 radical (unpaired) electrons. The van der Waals surface area contributed by atoms with Gasteiger partial charge in [-0.25, -0.2) is 4.39 Å². The minimum Gasteiger partial charge on any atom is -0.491 e. The fourth-order valence-corrected chi connectivity index (χ4v) is 2.11. The Kier molecular flexibility index (Phi) is 6.18. The predicted octanol–water partition coefficient (Wildman–Crippen LogP) is 3.41. The second kappa shape index (κ2) is 8.34. The van der Waals surface area contributed by atoms with E-state index in [1.54, 1.807) is 6.92 Å². The molecule has 128 valence electrons. The molecule has 0 spiro atoms. The molecule has 0 aliphatic carbocycles. The number of aryl methyl sites for hydroxylation is 2. The maximum atomic E-state index is 12.8. The average Bonchev–Trinajstić information content (AvgIpc) is 2.56. The van der Waals surface area contributed by atoms with Gasteiger partial charge < -0.3 is 14.8 Å². The third kappa shape index (κ3) is 5.26. The Bertz CT molecular complexity index is 686. The molecule has 4 nitrogen and oxygen atoms in total. The first-order valence-corrected chi connectivity index (χ1v) is 7.85. The van der Waals surface area contributed by atoms with E-state index in [4.69, 9.17) is 9.47 Å². The van der Waals surface area contributed by atoms with Crippen LogP contribution < -0.4 is 14.8 Å². The number of nitrogens with one attached hydrogen (secondary N) is 1. The molecule has 0 aromatic heterocycles. The molecule has 0 bridgehead atoms. The minimum atomic E-state index is -0.670. The summed E-state index contributed by atoms with van der Waals surface area (Å²) in [6.45, 7) is 6.38. The second-order valence-corrected chi connectivity index (χ2v) is 5.62. The van der Waals surface area contributed by atoms with Crippen LogP contribution in [0.3, 0.4) is 0 Å². The molecular formula is C19H22FNO3. The van der Waals surface area contributed by atoms with Crippen LogP contribution in [0, 0.1) is 19.7 Å². The van der Waals surface area contributed by atoms with Crippen LogP contribution in [0.5, 0.6) is 11.5 Å². The van der Waals surface area contributed by atoms with Gasteiger partial charge in [0.15, 0.2) is 6.10 Å². The first-order valence-electron chi connectivity index (χ1n) is 7.85. The molecule has 5 heteroatoms. The summed E-state index contributed by atoms with van der Waals surface area (Å²) in [6, 6.07) is 11.6. The molecule has 2 aromatic carbocycles. The minimum absolute atomic E-state index is 0.246. The van der Waals surface area contributed by atoms with Crippen LogP contribution in [-0.2, 0) is 4.79 Å². The average molecular weight is 331 g/mol. The molecule has 0 heterocycles. The van der Waals surface area contributed by atoms with E-state index in [-0.39, 0.29) is 11.7 Å². The quantitative estimate of drug-likeness (QED) is 0.791. The van der Waals surface area contributed by atoms with Crippen molar-refractivity contribution in [2.24, 2.45) is 0 Å². The van der Waals surface area contributed by atoms with E-state index in [2.05, 4.69) is 5.32 Å². The Balaban J connectivity index is 1.74. The fourth-order valence-electron chi connectivity index (χ4n) is 2.11. The number of hydrogen-bond donors (Lipinski definition) is 1. The summed E-state index contributed by atoms with van der Waals surface area (Å²) >= 11 is 0. The summed E-state index contributed by atoms with van der Waals surface area (Å²) in [7, 11) is 0. The van der Waals surface area contributed by atoms with Crippen molar-refractivity contribution in [3.05, 3.63) is 59.4 Å². The van der Waals surface area contributed by atoms with Crippen molar-refractivity contribution in [3.8, 4) is 11.5 Å². The Morgan fingerprint density at radius 1 is 1.17 bits per heavy atom. The van der Waals surface area contributed by atoms with Gasteiger partial charge in [0.2, 0.25) is 0 Å². The van der Waals surface area contributed by atoms with Gasteiger partial charge in [0.1, 0.15) is 23.9 Å². The molecular weight excluding hydrogens is 309 g/mol. The zero-order valence-corrected chi connectivity index (χ0v) is 14.1. The summed E-state index contributed by atoms with van der Waals surface area (Å²) in [5.41, 5.74) is 2.18. The predicted molar refractivity (Wildman–Crippen MR) is 90.9 cm³/mol. The van der Waals surface area contributed by atoms with Crippen LogP contribution in [0.25, 0.3) is 0 Å². The van der Waals surface area contributed by atoms with Crippen LogP contribution in [0.1, 0.15) is 18.1 Å². The van der Waals surface area contributed by atoms with E-state index in [0.717, 1.165) is 16.9 Å². The molecule has 2 rings (SSSR count). The van der Waals surface area contributed by atoms with Crippen molar-refractivity contribution in [1.82, 2.24) is 5.32 Å². The number of amides is 1. The van der Waals surface area contributed by atoms with Crippen LogP contribution in [0.15, 0.2) is 42.5 Å². The van der Waals surface area contributed by atoms with Gasteiger partial charge in [-0.1, -0.05) is 12.1 Å². The van der Waals surface area contributed by atoms with Crippen molar-refractivity contribution < 1.29 is 18.7 Å². The summed E-state index contributed by atoms with van der Waals surface area (Å²) < 4.78 is 24.0. The number of rotatable bonds is 7.